The lowest BCUT2D eigenvalue weighted by atomic mass is 9.90. The van der Waals surface area contributed by atoms with Crippen molar-refractivity contribution in [3.05, 3.63) is 42.5 Å². The van der Waals surface area contributed by atoms with E-state index >= 15 is 0 Å². The number of benzene rings is 2. The third-order valence-electron chi connectivity index (χ3n) is 5.18. The molecule has 1 aromatic heterocycles. The maximum absolute atomic E-state index is 12.7. The van der Waals surface area contributed by atoms with Crippen molar-refractivity contribution in [2.24, 2.45) is 5.73 Å². The Morgan fingerprint density at radius 2 is 1.88 bits per heavy atom. The van der Waals surface area contributed by atoms with E-state index in [1.54, 1.807) is 0 Å². The first-order valence-electron chi connectivity index (χ1n) is 8.81. The second kappa shape index (κ2) is 6.17. The van der Waals surface area contributed by atoms with Crippen LogP contribution in [-0.4, -0.2) is 29.2 Å². The number of fused-ring (bicyclic) bond motifs is 3. The van der Waals surface area contributed by atoms with Crippen molar-refractivity contribution in [2.75, 3.05) is 18.5 Å². The van der Waals surface area contributed by atoms with Crippen molar-refractivity contribution < 1.29 is 9.53 Å². The molecule has 1 aliphatic heterocycles. The van der Waals surface area contributed by atoms with Crippen LogP contribution in [0.1, 0.15) is 19.8 Å². The van der Waals surface area contributed by atoms with Gasteiger partial charge in [-0.15, -0.1) is 0 Å². The number of carbonyl (C=O) groups is 1. The number of amides is 1. The molecule has 0 atom stereocenters. The number of hydrogen-bond acceptors (Lipinski definition) is 3. The maximum atomic E-state index is 12.7. The lowest BCUT2D eigenvalue weighted by molar-refractivity contribution is -0.124. The Balaban J connectivity index is 1.72. The molecule has 5 heteroatoms. The fourth-order valence-corrected chi connectivity index (χ4v) is 3.69. The zero-order valence-corrected chi connectivity index (χ0v) is 14.4. The quantitative estimate of drug-likeness (QED) is 0.771. The van der Waals surface area contributed by atoms with Crippen LogP contribution in [-0.2, 0) is 16.1 Å². The lowest BCUT2D eigenvalue weighted by Crippen LogP contribution is -2.54. The predicted octanol–water partition coefficient (Wildman–Crippen LogP) is 3.26. The number of hydrogen-bond donors (Lipinski definition) is 2. The fraction of sp³-hybridized carbons (Fsp3) is 0.350. The van der Waals surface area contributed by atoms with E-state index in [0.717, 1.165) is 17.6 Å². The first-order valence-corrected chi connectivity index (χ1v) is 8.81. The van der Waals surface area contributed by atoms with Crippen LogP contribution in [0.2, 0.25) is 0 Å². The molecule has 5 nitrogen and oxygen atoms in total. The monoisotopic (exact) mass is 337 g/mol. The molecule has 0 radical (unpaired) electrons. The van der Waals surface area contributed by atoms with Crippen LogP contribution in [0, 0.1) is 0 Å². The summed E-state index contributed by atoms with van der Waals surface area (Å²) < 4.78 is 7.61. The van der Waals surface area contributed by atoms with Gasteiger partial charge in [-0.2, -0.15) is 0 Å². The normalized spacial score (nSPS) is 17.0. The lowest BCUT2D eigenvalue weighted by Gasteiger charge is -2.31. The first-order chi connectivity index (χ1) is 12.1. The first kappa shape index (κ1) is 16.1. The fourth-order valence-electron chi connectivity index (χ4n) is 3.69. The average Bonchev–Trinajstić information content (AvgIpc) is 2.95. The Morgan fingerprint density at radius 1 is 1.16 bits per heavy atom. The van der Waals surface area contributed by atoms with Gasteiger partial charge < -0.3 is 20.4 Å². The number of aryl methyl sites for hydroxylation is 1. The minimum absolute atomic E-state index is 0.130. The van der Waals surface area contributed by atoms with E-state index in [1.165, 1.54) is 16.4 Å². The molecule has 0 saturated carbocycles. The molecule has 0 bridgehead atoms. The zero-order chi connectivity index (χ0) is 17.4. The van der Waals surface area contributed by atoms with Gasteiger partial charge in [0.05, 0.1) is 0 Å². The van der Waals surface area contributed by atoms with Crippen molar-refractivity contribution in [2.45, 2.75) is 31.8 Å². The van der Waals surface area contributed by atoms with Gasteiger partial charge in [0.2, 0.25) is 5.91 Å². The van der Waals surface area contributed by atoms with E-state index in [0.29, 0.717) is 26.1 Å². The van der Waals surface area contributed by atoms with Gasteiger partial charge in [-0.3, -0.25) is 4.79 Å². The van der Waals surface area contributed by atoms with Crippen molar-refractivity contribution >= 4 is 33.4 Å². The molecule has 1 fully saturated rings. The summed E-state index contributed by atoms with van der Waals surface area (Å²) >= 11 is 0. The highest BCUT2D eigenvalue weighted by molar-refractivity contribution is 6.10. The molecule has 0 spiro atoms. The third kappa shape index (κ3) is 2.69. The molecular formula is C20H23N3O2. The largest absolute Gasteiger partial charge is 0.381 e. The Kier molecular flexibility index (Phi) is 3.98. The minimum Gasteiger partial charge on any atom is -0.381 e. The van der Waals surface area contributed by atoms with Gasteiger partial charge in [0.1, 0.15) is 5.54 Å². The minimum atomic E-state index is -0.843. The molecule has 1 amide bonds. The second-order valence-electron chi connectivity index (χ2n) is 6.72. The highest BCUT2D eigenvalue weighted by Crippen LogP contribution is 2.31. The second-order valence-corrected chi connectivity index (χ2v) is 6.72. The molecule has 1 saturated heterocycles. The number of ether oxygens (including phenoxy) is 1. The van der Waals surface area contributed by atoms with Gasteiger partial charge >= 0.3 is 0 Å². The summed E-state index contributed by atoms with van der Waals surface area (Å²) in [5, 5.41) is 5.35. The number of nitrogens with two attached hydrogens (primary N) is 1. The van der Waals surface area contributed by atoms with Gasteiger partial charge in [-0.25, -0.2) is 0 Å². The van der Waals surface area contributed by atoms with Crippen LogP contribution in [0.3, 0.4) is 0 Å². The number of aromatic nitrogens is 1. The SMILES string of the molecule is CCn1c2ccccc2c2cc(NC(=O)C3(N)CCOCC3)ccc21. The van der Waals surface area contributed by atoms with Crippen molar-refractivity contribution in [3.8, 4) is 0 Å². The molecule has 0 aliphatic carbocycles. The smallest absolute Gasteiger partial charge is 0.244 e. The highest BCUT2D eigenvalue weighted by Gasteiger charge is 2.35. The molecule has 2 heterocycles. The van der Waals surface area contributed by atoms with E-state index in [2.05, 4.69) is 41.1 Å². The van der Waals surface area contributed by atoms with Crippen molar-refractivity contribution in [1.82, 2.24) is 4.57 Å². The number of rotatable bonds is 3. The molecule has 130 valence electrons. The summed E-state index contributed by atoms with van der Waals surface area (Å²) in [6, 6.07) is 14.4. The topological polar surface area (TPSA) is 69.3 Å². The Morgan fingerprint density at radius 3 is 2.64 bits per heavy atom. The zero-order valence-electron chi connectivity index (χ0n) is 14.4. The van der Waals surface area contributed by atoms with Gasteiger partial charge in [0.15, 0.2) is 0 Å². The Bertz CT molecular complexity index is 939. The average molecular weight is 337 g/mol. The van der Waals surface area contributed by atoms with E-state index in [9.17, 15) is 4.79 Å². The van der Waals surface area contributed by atoms with Crippen LogP contribution in [0.25, 0.3) is 21.8 Å². The summed E-state index contributed by atoms with van der Waals surface area (Å²) in [5.74, 6) is -0.130. The molecule has 2 aromatic carbocycles. The highest BCUT2D eigenvalue weighted by atomic mass is 16.5. The summed E-state index contributed by atoms with van der Waals surface area (Å²) in [4.78, 5) is 12.7. The Labute approximate surface area is 146 Å². The number of anilines is 1. The molecular weight excluding hydrogens is 314 g/mol. The summed E-state index contributed by atoms with van der Waals surface area (Å²) in [5.41, 5.74) is 8.61. The standard InChI is InChI=1S/C20H23N3O2/c1-2-23-17-6-4-3-5-15(17)16-13-14(7-8-18(16)23)22-19(24)20(21)9-11-25-12-10-20/h3-8,13H,2,9-12,21H2,1H3,(H,22,24). The van der Waals surface area contributed by atoms with Gasteiger partial charge in [-0.1, -0.05) is 18.2 Å². The van der Waals surface area contributed by atoms with Crippen LogP contribution < -0.4 is 11.1 Å². The van der Waals surface area contributed by atoms with Gasteiger partial charge in [0.25, 0.3) is 0 Å². The Hall–Kier alpha value is -2.37. The molecule has 3 N–H and O–H groups in total. The van der Waals surface area contributed by atoms with Crippen molar-refractivity contribution in [1.29, 1.82) is 0 Å². The van der Waals surface area contributed by atoms with Gasteiger partial charge in [-0.05, 0) is 44.0 Å². The molecule has 25 heavy (non-hydrogen) atoms. The van der Waals surface area contributed by atoms with Crippen LogP contribution in [0.4, 0.5) is 5.69 Å². The number of para-hydroxylation sites is 1. The number of nitrogens with zero attached hydrogens (tertiary/aromatic N) is 1. The number of carbonyl (C=O) groups excluding carboxylic acids is 1. The van der Waals surface area contributed by atoms with Gasteiger partial charge in [0, 0.05) is 47.3 Å². The molecule has 3 aromatic rings. The van der Waals surface area contributed by atoms with E-state index in [-0.39, 0.29) is 5.91 Å². The van der Waals surface area contributed by atoms with E-state index in [1.807, 2.05) is 18.2 Å². The molecule has 1 aliphatic rings. The summed E-state index contributed by atoms with van der Waals surface area (Å²) in [7, 11) is 0. The van der Waals surface area contributed by atoms with Crippen molar-refractivity contribution in [3.63, 3.8) is 0 Å². The third-order valence-corrected chi connectivity index (χ3v) is 5.18. The van der Waals surface area contributed by atoms with E-state index in [4.69, 9.17) is 10.5 Å². The van der Waals surface area contributed by atoms with E-state index < -0.39 is 5.54 Å². The van der Waals surface area contributed by atoms with Crippen LogP contribution in [0.5, 0.6) is 0 Å². The predicted molar refractivity (Wildman–Crippen MR) is 101 cm³/mol. The molecule has 4 rings (SSSR count). The summed E-state index contributed by atoms with van der Waals surface area (Å²) in [6.45, 7) is 4.12. The maximum Gasteiger partial charge on any atom is 0.244 e. The number of nitrogens with one attached hydrogen (secondary N) is 1. The van der Waals surface area contributed by atoms with Crippen LogP contribution >= 0.6 is 0 Å². The summed E-state index contributed by atoms with van der Waals surface area (Å²) in [6.07, 6.45) is 1.10. The molecule has 0 unspecified atom stereocenters. The van der Waals surface area contributed by atoms with Crippen LogP contribution in [0.15, 0.2) is 42.5 Å².